The van der Waals surface area contributed by atoms with E-state index in [2.05, 4.69) is 10.3 Å². The van der Waals surface area contributed by atoms with Gasteiger partial charge in [0.05, 0.1) is 6.54 Å². The van der Waals surface area contributed by atoms with E-state index in [0.717, 1.165) is 22.4 Å². The van der Waals surface area contributed by atoms with E-state index < -0.39 is 0 Å². The van der Waals surface area contributed by atoms with Crippen LogP contribution in [0.25, 0.3) is 0 Å². The number of carbonyl (C=O) groups is 1. The Morgan fingerprint density at radius 2 is 1.80 bits per heavy atom. The highest BCUT2D eigenvalue weighted by Gasteiger charge is 2.16. The lowest BCUT2D eigenvalue weighted by atomic mass is 10.2. The van der Waals surface area contributed by atoms with Crippen molar-refractivity contribution in [1.29, 1.82) is 0 Å². The van der Waals surface area contributed by atoms with E-state index in [1.807, 2.05) is 73.7 Å². The maximum Gasteiger partial charge on any atom is 0.322 e. The first kappa shape index (κ1) is 16.7. The van der Waals surface area contributed by atoms with Crippen molar-refractivity contribution in [2.24, 2.45) is 0 Å². The normalized spacial score (nSPS) is 10.3. The van der Waals surface area contributed by atoms with Crippen molar-refractivity contribution in [1.82, 2.24) is 10.3 Å². The summed E-state index contributed by atoms with van der Waals surface area (Å²) in [6, 6.07) is 21.6. The number of carbonyl (C=O) groups excluding carboxylic acids is 1. The molecule has 0 aliphatic heterocycles. The third-order valence-corrected chi connectivity index (χ3v) is 3.91. The Hall–Kier alpha value is -3.14. The minimum atomic E-state index is -0.127. The molecular weight excluding hydrogens is 310 g/mol. The highest BCUT2D eigenvalue weighted by molar-refractivity contribution is 5.91. The summed E-state index contributed by atoms with van der Waals surface area (Å²) < 4.78 is 0. The molecule has 4 nitrogen and oxygen atoms in total. The van der Waals surface area contributed by atoms with E-state index in [0.29, 0.717) is 13.1 Å². The SMILES string of the molecule is Cc1cccc(N(Cc2cccnc2)C(=O)NCc2ccccc2)c1. The number of nitrogens with one attached hydrogen (secondary N) is 1. The molecule has 0 aliphatic rings. The van der Waals surface area contributed by atoms with Gasteiger partial charge < -0.3 is 5.32 Å². The molecule has 25 heavy (non-hydrogen) atoms. The zero-order valence-electron chi connectivity index (χ0n) is 14.2. The summed E-state index contributed by atoms with van der Waals surface area (Å²) in [4.78, 5) is 18.7. The highest BCUT2D eigenvalue weighted by Crippen LogP contribution is 2.19. The number of urea groups is 1. The number of aryl methyl sites for hydroxylation is 1. The van der Waals surface area contributed by atoms with Gasteiger partial charge in [-0.1, -0.05) is 48.5 Å². The lowest BCUT2D eigenvalue weighted by Gasteiger charge is -2.24. The second-order valence-electron chi connectivity index (χ2n) is 5.93. The summed E-state index contributed by atoms with van der Waals surface area (Å²) in [6.45, 7) is 2.99. The number of nitrogens with zero attached hydrogens (tertiary/aromatic N) is 2. The molecular formula is C21H21N3O. The van der Waals surface area contributed by atoms with Gasteiger partial charge >= 0.3 is 6.03 Å². The molecule has 1 heterocycles. The summed E-state index contributed by atoms with van der Waals surface area (Å²) in [7, 11) is 0. The Kier molecular flexibility index (Phi) is 5.42. The molecule has 0 atom stereocenters. The molecule has 0 bridgehead atoms. The summed E-state index contributed by atoms with van der Waals surface area (Å²) >= 11 is 0. The molecule has 0 saturated carbocycles. The van der Waals surface area contributed by atoms with Crippen LogP contribution in [0.15, 0.2) is 79.1 Å². The van der Waals surface area contributed by atoms with Gasteiger partial charge in [0.1, 0.15) is 0 Å². The zero-order valence-corrected chi connectivity index (χ0v) is 14.2. The number of hydrogen-bond donors (Lipinski definition) is 1. The third-order valence-electron chi connectivity index (χ3n) is 3.91. The van der Waals surface area contributed by atoms with Crippen LogP contribution in [-0.2, 0) is 13.1 Å². The monoisotopic (exact) mass is 331 g/mol. The maximum atomic E-state index is 12.8. The highest BCUT2D eigenvalue weighted by atomic mass is 16.2. The van der Waals surface area contributed by atoms with E-state index in [4.69, 9.17) is 0 Å². The molecule has 4 heteroatoms. The van der Waals surface area contributed by atoms with Crippen LogP contribution in [-0.4, -0.2) is 11.0 Å². The van der Waals surface area contributed by atoms with Crippen LogP contribution < -0.4 is 10.2 Å². The number of aromatic nitrogens is 1. The van der Waals surface area contributed by atoms with E-state index in [1.54, 1.807) is 17.3 Å². The second kappa shape index (κ2) is 8.11. The van der Waals surface area contributed by atoms with Gasteiger partial charge in [-0.2, -0.15) is 0 Å². The van der Waals surface area contributed by atoms with Crippen LogP contribution in [0.2, 0.25) is 0 Å². The molecule has 0 radical (unpaired) electrons. The molecule has 1 N–H and O–H groups in total. The molecule has 3 aromatic rings. The number of hydrogen-bond acceptors (Lipinski definition) is 2. The summed E-state index contributed by atoms with van der Waals surface area (Å²) in [5.74, 6) is 0. The Morgan fingerprint density at radius 1 is 1.00 bits per heavy atom. The van der Waals surface area contributed by atoms with E-state index in [9.17, 15) is 4.79 Å². The molecule has 2 aromatic carbocycles. The largest absolute Gasteiger partial charge is 0.334 e. The van der Waals surface area contributed by atoms with Crippen LogP contribution in [0.4, 0.5) is 10.5 Å². The van der Waals surface area contributed by atoms with Gasteiger partial charge in [0.25, 0.3) is 0 Å². The zero-order chi connectivity index (χ0) is 17.5. The molecule has 126 valence electrons. The Bertz CT molecular complexity index is 819. The van der Waals surface area contributed by atoms with Crippen LogP contribution in [0.5, 0.6) is 0 Å². The Morgan fingerprint density at radius 3 is 2.52 bits per heavy atom. The van der Waals surface area contributed by atoms with Crippen LogP contribution in [0.3, 0.4) is 0 Å². The molecule has 0 fully saturated rings. The fourth-order valence-electron chi connectivity index (χ4n) is 2.62. The van der Waals surface area contributed by atoms with Crippen molar-refractivity contribution < 1.29 is 4.79 Å². The van der Waals surface area contributed by atoms with Crippen LogP contribution in [0, 0.1) is 6.92 Å². The minimum Gasteiger partial charge on any atom is -0.334 e. The van der Waals surface area contributed by atoms with Crippen LogP contribution >= 0.6 is 0 Å². The van der Waals surface area contributed by atoms with Gasteiger partial charge in [-0.05, 0) is 41.8 Å². The fourth-order valence-corrected chi connectivity index (χ4v) is 2.62. The van der Waals surface area contributed by atoms with E-state index in [1.165, 1.54) is 0 Å². The van der Waals surface area contributed by atoms with Gasteiger partial charge in [0, 0.05) is 24.6 Å². The smallest absolute Gasteiger partial charge is 0.322 e. The molecule has 3 rings (SSSR count). The average Bonchev–Trinajstić information content (AvgIpc) is 2.66. The fraction of sp³-hybridized carbons (Fsp3) is 0.143. The molecule has 2 amide bonds. The average molecular weight is 331 g/mol. The molecule has 0 aliphatic carbocycles. The summed E-state index contributed by atoms with van der Waals surface area (Å²) in [5, 5.41) is 3.00. The topological polar surface area (TPSA) is 45.2 Å². The predicted molar refractivity (Wildman–Crippen MR) is 100 cm³/mol. The van der Waals surface area contributed by atoms with Gasteiger partial charge in [0.2, 0.25) is 0 Å². The van der Waals surface area contributed by atoms with Crippen molar-refractivity contribution in [3.05, 3.63) is 95.8 Å². The number of anilines is 1. The number of rotatable bonds is 5. The van der Waals surface area contributed by atoms with Gasteiger partial charge in [0.15, 0.2) is 0 Å². The standard InChI is InChI=1S/C21H21N3O/c1-17-7-5-11-20(13-17)24(16-19-10-6-12-22-14-19)21(25)23-15-18-8-3-2-4-9-18/h2-14H,15-16H2,1H3,(H,23,25). The first-order valence-corrected chi connectivity index (χ1v) is 8.27. The number of amides is 2. The van der Waals surface area contributed by atoms with Gasteiger partial charge in [-0.15, -0.1) is 0 Å². The Labute approximate surface area is 148 Å². The van der Waals surface area contributed by atoms with Crippen molar-refractivity contribution in [3.63, 3.8) is 0 Å². The third kappa shape index (κ3) is 4.67. The van der Waals surface area contributed by atoms with Crippen molar-refractivity contribution in [2.45, 2.75) is 20.0 Å². The van der Waals surface area contributed by atoms with Crippen LogP contribution in [0.1, 0.15) is 16.7 Å². The quantitative estimate of drug-likeness (QED) is 0.757. The maximum absolute atomic E-state index is 12.8. The van der Waals surface area contributed by atoms with E-state index >= 15 is 0 Å². The summed E-state index contributed by atoms with van der Waals surface area (Å²) in [5.41, 5.74) is 4.04. The molecule has 0 saturated heterocycles. The van der Waals surface area contributed by atoms with Gasteiger partial charge in [-0.25, -0.2) is 4.79 Å². The lowest BCUT2D eigenvalue weighted by molar-refractivity contribution is 0.245. The first-order valence-electron chi connectivity index (χ1n) is 8.27. The minimum absolute atomic E-state index is 0.127. The van der Waals surface area contributed by atoms with Gasteiger partial charge in [-0.3, -0.25) is 9.88 Å². The predicted octanol–water partition coefficient (Wildman–Crippen LogP) is 4.31. The molecule has 1 aromatic heterocycles. The second-order valence-corrected chi connectivity index (χ2v) is 5.93. The molecule has 0 spiro atoms. The summed E-state index contributed by atoms with van der Waals surface area (Å²) in [6.07, 6.45) is 3.52. The molecule has 0 unspecified atom stereocenters. The van der Waals surface area contributed by atoms with E-state index in [-0.39, 0.29) is 6.03 Å². The first-order chi connectivity index (χ1) is 12.2. The van der Waals surface area contributed by atoms with Crippen molar-refractivity contribution >= 4 is 11.7 Å². The number of benzene rings is 2. The number of pyridine rings is 1. The Balaban J connectivity index is 1.78. The lowest BCUT2D eigenvalue weighted by Crippen LogP contribution is -2.39. The van der Waals surface area contributed by atoms with Crippen molar-refractivity contribution in [3.8, 4) is 0 Å². The van der Waals surface area contributed by atoms with Crippen molar-refractivity contribution in [2.75, 3.05) is 4.90 Å².